The van der Waals surface area contributed by atoms with E-state index in [9.17, 15) is 0 Å². The highest BCUT2D eigenvalue weighted by molar-refractivity contribution is 5.56. The topological polar surface area (TPSA) is 44.5 Å². The number of anilines is 1. The third-order valence-corrected chi connectivity index (χ3v) is 2.93. The number of benzene rings is 2. The van der Waals surface area contributed by atoms with E-state index in [4.69, 9.17) is 15.2 Å². The summed E-state index contributed by atoms with van der Waals surface area (Å²) < 4.78 is 10.8. The van der Waals surface area contributed by atoms with Crippen molar-refractivity contribution >= 4 is 5.69 Å². The van der Waals surface area contributed by atoms with E-state index in [1.807, 2.05) is 18.2 Å². The zero-order chi connectivity index (χ0) is 13.5. The standard InChI is InChI=1S/C16H19NO2/c1-18-14-9-10-16(15(17)12-14)19-11-5-8-13-6-3-2-4-7-13/h2-4,6-7,9-10,12H,5,8,11,17H2,1H3. The van der Waals surface area contributed by atoms with Crippen molar-refractivity contribution in [1.82, 2.24) is 0 Å². The molecule has 0 bridgehead atoms. The van der Waals surface area contributed by atoms with E-state index >= 15 is 0 Å². The number of ether oxygens (including phenoxy) is 2. The van der Waals surface area contributed by atoms with E-state index in [1.54, 1.807) is 13.2 Å². The average molecular weight is 257 g/mol. The molecule has 0 atom stereocenters. The monoisotopic (exact) mass is 257 g/mol. The van der Waals surface area contributed by atoms with Crippen LogP contribution in [0.5, 0.6) is 11.5 Å². The first-order valence-electron chi connectivity index (χ1n) is 6.40. The molecule has 100 valence electrons. The molecule has 3 heteroatoms. The Hall–Kier alpha value is -2.16. The molecule has 0 saturated carbocycles. The normalized spacial score (nSPS) is 10.2. The molecule has 0 saturated heterocycles. The first-order chi connectivity index (χ1) is 9.29. The molecule has 2 aromatic carbocycles. The quantitative estimate of drug-likeness (QED) is 0.638. The van der Waals surface area contributed by atoms with E-state index in [-0.39, 0.29) is 0 Å². The highest BCUT2D eigenvalue weighted by atomic mass is 16.5. The van der Waals surface area contributed by atoms with Crippen LogP contribution < -0.4 is 15.2 Å². The smallest absolute Gasteiger partial charge is 0.142 e. The maximum Gasteiger partial charge on any atom is 0.142 e. The lowest BCUT2D eigenvalue weighted by molar-refractivity contribution is 0.312. The Morgan fingerprint density at radius 1 is 1.05 bits per heavy atom. The summed E-state index contributed by atoms with van der Waals surface area (Å²) in [5.74, 6) is 1.46. The van der Waals surface area contributed by atoms with Gasteiger partial charge in [-0.25, -0.2) is 0 Å². The second kappa shape index (κ2) is 6.69. The predicted octanol–water partition coefficient (Wildman–Crippen LogP) is 3.29. The van der Waals surface area contributed by atoms with Crippen molar-refractivity contribution in [2.45, 2.75) is 12.8 Å². The number of hydrogen-bond acceptors (Lipinski definition) is 3. The van der Waals surface area contributed by atoms with Gasteiger partial charge in [0.1, 0.15) is 11.5 Å². The maximum atomic E-state index is 5.89. The molecule has 2 aromatic rings. The summed E-state index contributed by atoms with van der Waals surface area (Å²) in [6.07, 6.45) is 1.98. The van der Waals surface area contributed by atoms with Crippen molar-refractivity contribution in [2.24, 2.45) is 0 Å². The fraction of sp³-hybridized carbons (Fsp3) is 0.250. The van der Waals surface area contributed by atoms with Crippen LogP contribution in [0.4, 0.5) is 5.69 Å². The minimum atomic E-state index is 0.610. The molecule has 2 rings (SSSR count). The van der Waals surface area contributed by atoms with Gasteiger partial charge in [0.25, 0.3) is 0 Å². The van der Waals surface area contributed by atoms with Gasteiger partial charge in [0.05, 0.1) is 19.4 Å². The van der Waals surface area contributed by atoms with Gasteiger partial charge < -0.3 is 15.2 Å². The van der Waals surface area contributed by atoms with Gasteiger partial charge in [-0.15, -0.1) is 0 Å². The van der Waals surface area contributed by atoms with Gasteiger partial charge in [0, 0.05) is 6.07 Å². The van der Waals surface area contributed by atoms with Gasteiger partial charge in [-0.1, -0.05) is 30.3 Å². The SMILES string of the molecule is COc1ccc(OCCCc2ccccc2)c(N)c1. The van der Waals surface area contributed by atoms with E-state index in [2.05, 4.69) is 24.3 Å². The van der Waals surface area contributed by atoms with Crippen LogP contribution in [-0.2, 0) is 6.42 Å². The van der Waals surface area contributed by atoms with Crippen molar-refractivity contribution in [3.8, 4) is 11.5 Å². The van der Waals surface area contributed by atoms with Gasteiger partial charge in [0.15, 0.2) is 0 Å². The predicted molar refractivity (Wildman–Crippen MR) is 77.7 cm³/mol. The third kappa shape index (κ3) is 3.91. The van der Waals surface area contributed by atoms with Crippen molar-refractivity contribution in [2.75, 3.05) is 19.5 Å². The zero-order valence-corrected chi connectivity index (χ0v) is 11.1. The minimum absolute atomic E-state index is 0.610. The minimum Gasteiger partial charge on any atom is -0.497 e. The molecule has 3 nitrogen and oxygen atoms in total. The molecule has 0 aliphatic heterocycles. The molecule has 0 fully saturated rings. The Bertz CT molecular complexity index is 511. The average Bonchev–Trinajstić information content (AvgIpc) is 2.46. The second-order valence-electron chi connectivity index (χ2n) is 4.34. The van der Waals surface area contributed by atoms with Crippen molar-refractivity contribution < 1.29 is 9.47 Å². The summed E-state index contributed by atoms with van der Waals surface area (Å²) in [6.45, 7) is 0.658. The molecule has 0 spiro atoms. The highest BCUT2D eigenvalue weighted by Gasteiger charge is 2.02. The maximum absolute atomic E-state index is 5.89. The van der Waals surface area contributed by atoms with Crippen LogP contribution in [0.15, 0.2) is 48.5 Å². The molecule has 0 unspecified atom stereocenters. The molecule has 2 N–H and O–H groups in total. The zero-order valence-electron chi connectivity index (χ0n) is 11.1. The summed E-state index contributed by atoms with van der Waals surface area (Å²) in [6, 6.07) is 15.9. The Morgan fingerprint density at radius 2 is 1.84 bits per heavy atom. The molecule has 19 heavy (non-hydrogen) atoms. The Kier molecular flexibility index (Phi) is 4.67. The molecule has 0 amide bonds. The lowest BCUT2D eigenvalue weighted by Gasteiger charge is -2.10. The molecule has 0 radical (unpaired) electrons. The molecule has 0 aliphatic rings. The summed E-state index contributed by atoms with van der Waals surface area (Å²) in [5, 5.41) is 0. The van der Waals surface area contributed by atoms with Gasteiger partial charge in [-0.05, 0) is 30.5 Å². The number of aryl methyl sites for hydroxylation is 1. The van der Waals surface area contributed by atoms with Crippen molar-refractivity contribution in [1.29, 1.82) is 0 Å². The van der Waals surface area contributed by atoms with E-state index in [1.165, 1.54) is 5.56 Å². The van der Waals surface area contributed by atoms with E-state index in [0.29, 0.717) is 18.0 Å². The first kappa shape index (κ1) is 13.3. The van der Waals surface area contributed by atoms with E-state index < -0.39 is 0 Å². The van der Waals surface area contributed by atoms with Crippen molar-refractivity contribution in [3.05, 3.63) is 54.1 Å². The molecular formula is C16H19NO2. The summed E-state index contributed by atoms with van der Waals surface area (Å²) in [5.41, 5.74) is 7.82. The number of hydrogen-bond donors (Lipinski definition) is 1. The Morgan fingerprint density at radius 3 is 2.53 bits per heavy atom. The lowest BCUT2D eigenvalue weighted by Crippen LogP contribution is -2.02. The van der Waals surface area contributed by atoms with Gasteiger partial charge >= 0.3 is 0 Å². The number of nitrogens with two attached hydrogens (primary N) is 1. The second-order valence-corrected chi connectivity index (χ2v) is 4.34. The third-order valence-electron chi connectivity index (χ3n) is 2.93. The van der Waals surface area contributed by atoms with Gasteiger partial charge in [-0.3, -0.25) is 0 Å². The number of methoxy groups -OCH3 is 1. The lowest BCUT2D eigenvalue weighted by atomic mass is 10.1. The first-order valence-corrected chi connectivity index (χ1v) is 6.40. The number of nitrogen functional groups attached to an aromatic ring is 1. The van der Waals surface area contributed by atoms with Crippen LogP contribution in [0.3, 0.4) is 0 Å². The summed E-state index contributed by atoms with van der Waals surface area (Å²) in [4.78, 5) is 0. The molecule has 0 aromatic heterocycles. The van der Waals surface area contributed by atoms with Crippen LogP contribution >= 0.6 is 0 Å². The fourth-order valence-electron chi connectivity index (χ4n) is 1.89. The van der Waals surface area contributed by atoms with Crippen LogP contribution in [0.2, 0.25) is 0 Å². The Labute approximate surface area is 114 Å². The fourth-order valence-corrected chi connectivity index (χ4v) is 1.89. The van der Waals surface area contributed by atoms with Crippen LogP contribution in [0.25, 0.3) is 0 Å². The van der Waals surface area contributed by atoms with Crippen LogP contribution in [0.1, 0.15) is 12.0 Å². The molecule has 0 heterocycles. The van der Waals surface area contributed by atoms with Crippen LogP contribution in [0, 0.1) is 0 Å². The van der Waals surface area contributed by atoms with E-state index in [0.717, 1.165) is 18.6 Å². The van der Waals surface area contributed by atoms with Crippen LogP contribution in [-0.4, -0.2) is 13.7 Å². The summed E-state index contributed by atoms with van der Waals surface area (Å²) >= 11 is 0. The van der Waals surface area contributed by atoms with Gasteiger partial charge in [0.2, 0.25) is 0 Å². The highest BCUT2D eigenvalue weighted by Crippen LogP contribution is 2.26. The number of rotatable bonds is 6. The largest absolute Gasteiger partial charge is 0.497 e. The molecular weight excluding hydrogens is 238 g/mol. The Balaban J connectivity index is 1.80. The van der Waals surface area contributed by atoms with Crippen molar-refractivity contribution in [3.63, 3.8) is 0 Å². The summed E-state index contributed by atoms with van der Waals surface area (Å²) in [7, 11) is 1.62. The molecule has 0 aliphatic carbocycles. The van der Waals surface area contributed by atoms with Gasteiger partial charge in [-0.2, -0.15) is 0 Å².